The Balaban J connectivity index is 0.621. The fraction of sp³-hybridized carbons (Fsp3) is 0.0588. The molecule has 0 saturated heterocycles. The highest BCUT2D eigenvalue weighted by atomic mass is 79.9. The minimum absolute atomic E-state index is 0.0620. The zero-order chi connectivity index (χ0) is 73.9. The fourth-order valence-corrected chi connectivity index (χ4v) is 22.1. The zero-order valence-corrected chi connectivity index (χ0v) is 64.2. The number of hydrogen-bond donors (Lipinski definition) is 0. The standard InChI is InChI=1S/C102H61Br3F3N3/c103-88-52-62(59-20-2-1-3-21-59)44-46-64(88)56-110-91-38-16-8-24-69(91)72-48-50-84-95(98(72)110)75-28-6-13-33-81(75)100(84)82-34-14-7-29-76(82)96-85(100)51-49-73-70-25-9-17-39-92(70)111(99(73)96)57-65-47-45-63(53-89(65)104)60-40-42-61(43-41-60)67-30-19-35-83-94(67)74-27-5-12-32-80(74)101(83)79-31-11-4-23-68(79)77-54-78-71-26-10-15-37-90(71)109(93(78)55-87(77)101)58-66-22-18-36-86(97(66)105)102(106,107)108/h1-55H,56-58H2. The topological polar surface area (TPSA) is 14.8 Å². The van der Waals surface area contributed by atoms with Crippen molar-refractivity contribution in [3.05, 3.63) is 414 Å². The smallest absolute Gasteiger partial charge is 0.336 e. The Hall–Kier alpha value is -11.9. The van der Waals surface area contributed by atoms with Gasteiger partial charge < -0.3 is 13.7 Å². The molecule has 23 rings (SSSR count). The maximum atomic E-state index is 14.5. The van der Waals surface area contributed by atoms with Gasteiger partial charge in [-0.05, 0) is 192 Å². The summed E-state index contributed by atoms with van der Waals surface area (Å²) < 4.78 is 53.0. The van der Waals surface area contributed by atoms with E-state index in [-0.39, 0.29) is 11.0 Å². The third-order valence-electron chi connectivity index (χ3n) is 25.0. The lowest BCUT2D eigenvalue weighted by Gasteiger charge is -2.30. The average molecular weight is 1630 g/mol. The normalized spacial score (nSPS) is 15.5. The van der Waals surface area contributed by atoms with E-state index >= 15 is 0 Å². The summed E-state index contributed by atoms with van der Waals surface area (Å²) in [6, 6.07) is 122. The molecule has 3 nitrogen and oxygen atoms in total. The van der Waals surface area contributed by atoms with Gasteiger partial charge in [0.1, 0.15) is 0 Å². The molecule has 2 atom stereocenters. The van der Waals surface area contributed by atoms with Gasteiger partial charge in [0.05, 0.1) is 27.4 Å². The Labute approximate surface area is 663 Å². The van der Waals surface area contributed by atoms with Crippen LogP contribution in [-0.4, -0.2) is 13.7 Å². The summed E-state index contributed by atoms with van der Waals surface area (Å²) in [5, 5.41) is 7.08. The minimum Gasteiger partial charge on any atom is -0.336 e. The molecule has 0 N–H and O–H groups in total. The number of nitrogens with zero attached hydrogens (tertiary/aromatic N) is 3. The fourth-order valence-electron chi connectivity index (χ4n) is 20.5. The van der Waals surface area contributed by atoms with Gasteiger partial charge in [0, 0.05) is 98.6 Å². The molecule has 0 fully saturated rings. The summed E-state index contributed by atoms with van der Waals surface area (Å²) in [5.41, 5.74) is 34.5. The first-order chi connectivity index (χ1) is 54.4. The second kappa shape index (κ2) is 24.1. The number of fused-ring (bicyclic) bond motifs is 31. The molecule has 3 aromatic heterocycles. The van der Waals surface area contributed by atoms with Crippen molar-refractivity contribution in [2.45, 2.75) is 36.6 Å². The van der Waals surface area contributed by atoms with Crippen molar-refractivity contribution >= 4 is 113 Å². The van der Waals surface area contributed by atoms with Crippen LogP contribution >= 0.6 is 47.8 Å². The second-order valence-corrected chi connectivity index (χ2v) is 32.7. The SMILES string of the molecule is FC(F)(F)c1cccc(Cn2c3ccccc3c3cc4c(cc32)C2(c3ccccc3-4)c3ccccc3-c3c(-c4ccc(-c5ccc(Cn6c7ccccc7c7ccc8c(c76)-c6ccccc6C86c7ccccc7-c7c6ccc6c8ccccc8n(Cc8ccc(-c9ccccc9)cc8Br)c76)c(Br)c5)cc4)cccc32)c1Br. The van der Waals surface area contributed by atoms with Crippen LogP contribution in [0.5, 0.6) is 0 Å². The molecular weight excluding hydrogens is 1560 g/mol. The first-order valence-electron chi connectivity index (χ1n) is 37.7. The molecule has 0 saturated carbocycles. The Kier molecular flexibility index (Phi) is 14.1. The molecular formula is C102H61Br3F3N3. The summed E-state index contributed by atoms with van der Waals surface area (Å²) in [6.45, 7) is 1.56. The van der Waals surface area contributed by atoms with Crippen molar-refractivity contribution in [1.29, 1.82) is 0 Å². The highest BCUT2D eigenvalue weighted by Crippen LogP contribution is 2.67. The first kappa shape index (κ1) is 65.1. The highest BCUT2D eigenvalue weighted by Gasteiger charge is 2.55. The highest BCUT2D eigenvalue weighted by molar-refractivity contribution is 9.11. The largest absolute Gasteiger partial charge is 0.417 e. The minimum atomic E-state index is -4.51. The molecule has 526 valence electrons. The van der Waals surface area contributed by atoms with Gasteiger partial charge in [0.2, 0.25) is 0 Å². The average Bonchev–Trinajstić information content (AvgIpc) is 1.50. The Morgan fingerprint density at radius 1 is 0.252 bits per heavy atom. The quantitative estimate of drug-likeness (QED) is 0.137. The number of para-hydroxylation sites is 3. The van der Waals surface area contributed by atoms with E-state index in [0.29, 0.717) is 18.7 Å². The third kappa shape index (κ3) is 9.02. The molecule has 111 heavy (non-hydrogen) atoms. The van der Waals surface area contributed by atoms with E-state index in [1.54, 1.807) is 6.07 Å². The molecule has 2 spiro atoms. The van der Waals surface area contributed by atoms with Crippen LogP contribution in [0.25, 0.3) is 143 Å². The van der Waals surface area contributed by atoms with Crippen LogP contribution in [-0.2, 0) is 36.6 Å². The lowest BCUT2D eigenvalue weighted by atomic mass is 9.70. The van der Waals surface area contributed by atoms with E-state index in [2.05, 4.69) is 365 Å². The molecule has 3 heterocycles. The maximum absolute atomic E-state index is 14.5. The van der Waals surface area contributed by atoms with Gasteiger partial charge >= 0.3 is 6.18 Å². The summed E-state index contributed by atoms with van der Waals surface area (Å²) in [6.07, 6.45) is -4.51. The van der Waals surface area contributed by atoms with Crippen molar-refractivity contribution in [3.63, 3.8) is 0 Å². The maximum Gasteiger partial charge on any atom is 0.417 e. The number of hydrogen-bond acceptors (Lipinski definition) is 0. The van der Waals surface area contributed by atoms with Crippen molar-refractivity contribution in [1.82, 2.24) is 13.7 Å². The van der Waals surface area contributed by atoms with Crippen LogP contribution in [0.3, 0.4) is 0 Å². The molecule has 4 aliphatic rings. The summed E-state index contributed by atoms with van der Waals surface area (Å²) >= 11 is 11.7. The predicted molar refractivity (Wildman–Crippen MR) is 459 cm³/mol. The van der Waals surface area contributed by atoms with Crippen molar-refractivity contribution in [2.24, 2.45) is 0 Å². The number of rotatable bonds is 9. The van der Waals surface area contributed by atoms with Gasteiger partial charge in [-0.2, -0.15) is 13.2 Å². The summed E-state index contributed by atoms with van der Waals surface area (Å²) in [7, 11) is 0. The van der Waals surface area contributed by atoms with E-state index in [0.717, 1.165) is 70.2 Å². The Morgan fingerprint density at radius 3 is 1.21 bits per heavy atom. The molecule has 0 amide bonds. The van der Waals surface area contributed by atoms with Crippen molar-refractivity contribution < 1.29 is 13.2 Å². The molecule has 2 unspecified atom stereocenters. The molecule has 9 heteroatoms. The van der Waals surface area contributed by atoms with Crippen molar-refractivity contribution in [2.75, 3.05) is 0 Å². The molecule has 19 aromatic rings. The van der Waals surface area contributed by atoms with Crippen LogP contribution in [0.15, 0.2) is 347 Å². The molecule has 16 aromatic carbocycles. The Bertz CT molecular complexity index is 7280. The molecule has 0 bridgehead atoms. The van der Waals surface area contributed by atoms with Gasteiger partial charge in [-0.25, -0.2) is 0 Å². The van der Waals surface area contributed by atoms with E-state index in [9.17, 15) is 13.2 Å². The van der Waals surface area contributed by atoms with Gasteiger partial charge in [-0.15, -0.1) is 0 Å². The second-order valence-electron chi connectivity index (χ2n) is 30.2. The van der Waals surface area contributed by atoms with Crippen LogP contribution in [0.4, 0.5) is 13.2 Å². The van der Waals surface area contributed by atoms with E-state index < -0.39 is 22.6 Å². The van der Waals surface area contributed by atoms with Gasteiger partial charge in [-0.1, -0.05) is 317 Å². The molecule has 0 aliphatic heterocycles. The van der Waals surface area contributed by atoms with Crippen LogP contribution in [0.1, 0.15) is 66.8 Å². The zero-order valence-electron chi connectivity index (χ0n) is 59.5. The lowest BCUT2D eigenvalue weighted by molar-refractivity contribution is -0.138. The molecule has 4 aliphatic carbocycles. The number of benzene rings is 16. The van der Waals surface area contributed by atoms with Gasteiger partial charge in [-0.3, -0.25) is 0 Å². The van der Waals surface area contributed by atoms with Crippen LogP contribution in [0, 0.1) is 0 Å². The Morgan fingerprint density at radius 2 is 0.658 bits per heavy atom. The number of alkyl halides is 3. The van der Waals surface area contributed by atoms with Crippen LogP contribution < -0.4 is 0 Å². The predicted octanol–water partition coefficient (Wildman–Crippen LogP) is 28.1. The summed E-state index contributed by atoms with van der Waals surface area (Å²) in [5.74, 6) is 0. The first-order valence-corrected chi connectivity index (χ1v) is 40.1. The van der Waals surface area contributed by atoms with Crippen molar-refractivity contribution in [3.8, 4) is 77.9 Å². The van der Waals surface area contributed by atoms with E-state index in [1.807, 2.05) is 12.1 Å². The van der Waals surface area contributed by atoms with Gasteiger partial charge in [0.15, 0.2) is 0 Å². The lowest BCUT2D eigenvalue weighted by Crippen LogP contribution is -2.26. The van der Waals surface area contributed by atoms with Gasteiger partial charge in [0.25, 0.3) is 0 Å². The van der Waals surface area contributed by atoms with E-state index in [1.165, 1.54) is 150 Å². The molecule has 0 radical (unpaired) electrons. The summed E-state index contributed by atoms with van der Waals surface area (Å²) in [4.78, 5) is 0. The van der Waals surface area contributed by atoms with E-state index in [4.69, 9.17) is 0 Å². The van der Waals surface area contributed by atoms with Crippen LogP contribution in [0.2, 0.25) is 0 Å². The third-order valence-corrected chi connectivity index (χ3v) is 27.4. The number of aromatic nitrogens is 3. The number of halogens is 6. The monoisotopic (exact) mass is 1620 g/mol.